The number of esters is 1. The standard InChI is InChI=1S/C15H13F3N2O4/c1-9(14(22)19-8-15(16,17)18)23-13(21)7-6-12-20-10-4-2-3-5-11(10)24-12/h2-7,9H,8H2,1H3,(H,19,22)/b7-6+/t9-/m0/s1. The molecule has 1 aromatic carbocycles. The number of ether oxygens (including phenoxy) is 1. The molecule has 128 valence electrons. The number of hydrogen-bond acceptors (Lipinski definition) is 5. The van der Waals surface area contributed by atoms with E-state index in [0.29, 0.717) is 11.1 Å². The molecule has 1 amide bonds. The summed E-state index contributed by atoms with van der Waals surface area (Å²) in [5.74, 6) is -1.80. The number of hydrogen-bond donors (Lipinski definition) is 1. The second-order valence-corrected chi connectivity index (χ2v) is 4.77. The number of amides is 1. The number of fused-ring (bicyclic) bond motifs is 1. The van der Waals surface area contributed by atoms with Crippen LogP contribution in [0.5, 0.6) is 0 Å². The Kier molecular flexibility index (Phi) is 5.22. The van der Waals surface area contributed by atoms with Gasteiger partial charge in [-0.15, -0.1) is 0 Å². The fourth-order valence-corrected chi connectivity index (χ4v) is 1.70. The van der Waals surface area contributed by atoms with E-state index in [1.165, 1.54) is 6.08 Å². The lowest BCUT2D eigenvalue weighted by Crippen LogP contribution is -2.40. The van der Waals surface area contributed by atoms with E-state index in [1.807, 2.05) is 0 Å². The van der Waals surface area contributed by atoms with Gasteiger partial charge >= 0.3 is 12.1 Å². The molecule has 24 heavy (non-hydrogen) atoms. The first-order chi connectivity index (χ1) is 11.2. The smallest absolute Gasteiger partial charge is 0.405 e. The van der Waals surface area contributed by atoms with Gasteiger partial charge in [0.25, 0.3) is 5.91 Å². The molecule has 0 spiro atoms. The summed E-state index contributed by atoms with van der Waals surface area (Å²) in [5, 5.41) is 1.62. The number of rotatable bonds is 5. The van der Waals surface area contributed by atoms with Gasteiger partial charge in [0.1, 0.15) is 12.1 Å². The molecule has 0 bridgehead atoms. The van der Waals surface area contributed by atoms with Crippen LogP contribution in [-0.2, 0) is 14.3 Å². The van der Waals surface area contributed by atoms with Crippen molar-refractivity contribution in [2.45, 2.75) is 19.2 Å². The molecule has 0 unspecified atom stereocenters. The Morgan fingerprint density at radius 3 is 2.75 bits per heavy atom. The molecule has 1 heterocycles. The average molecular weight is 342 g/mol. The predicted molar refractivity (Wildman–Crippen MR) is 77.7 cm³/mol. The van der Waals surface area contributed by atoms with Gasteiger partial charge in [0.2, 0.25) is 5.89 Å². The highest BCUT2D eigenvalue weighted by Crippen LogP contribution is 2.15. The summed E-state index contributed by atoms with van der Waals surface area (Å²) in [6.45, 7) is -0.330. The minimum absolute atomic E-state index is 0.155. The Labute approximate surface area is 134 Å². The fraction of sp³-hybridized carbons (Fsp3) is 0.267. The van der Waals surface area contributed by atoms with Crippen molar-refractivity contribution in [3.63, 3.8) is 0 Å². The van der Waals surface area contributed by atoms with E-state index in [1.54, 1.807) is 29.6 Å². The molecule has 0 saturated carbocycles. The quantitative estimate of drug-likeness (QED) is 0.667. The molecule has 0 fully saturated rings. The second-order valence-electron chi connectivity index (χ2n) is 4.77. The largest absolute Gasteiger partial charge is 0.449 e. The van der Waals surface area contributed by atoms with E-state index in [-0.39, 0.29) is 5.89 Å². The number of aromatic nitrogens is 1. The van der Waals surface area contributed by atoms with Crippen LogP contribution in [0.1, 0.15) is 12.8 Å². The van der Waals surface area contributed by atoms with Crippen LogP contribution in [0.15, 0.2) is 34.8 Å². The summed E-state index contributed by atoms with van der Waals surface area (Å²) in [6.07, 6.45) is -3.69. The highest BCUT2D eigenvalue weighted by molar-refractivity contribution is 5.90. The summed E-state index contributed by atoms with van der Waals surface area (Å²) in [5.41, 5.74) is 1.14. The van der Waals surface area contributed by atoms with Gasteiger partial charge in [-0.2, -0.15) is 13.2 Å². The van der Waals surface area contributed by atoms with Gasteiger partial charge in [-0.1, -0.05) is 12.1 Å². The van der Waals surface area contributed by atoms with Crippen LogP contribution in [0.3, 0.4) is 0 Å². The Morgan fingerprint density at radius 1 is 1.38 bits per heavy atom. The third-order valence-electron chi connectivity index (χ3n) is 2.80. The zero-order chi connectivity index (χ0) is 17.7. The number of para-hydroxylation sites is 2. The third-order valence-corrected chi connectivity index (χ3v) is 2.80. The normalized spacial score (nSPS) is 13.2. The molecule has 0 aliphatic carbocycles. The van der Waals surface area contributed by atoms with Crippen molar-refractivity contribution in [3.8, 4) is 0 Å². The van der Waals surface area contributed by atoms with E-state index in [9.17, 15) is 22.8 Å². The van der Waals surface area contributed by atoms with Gasteiger partial charge in [0.15, 0.2) is 11.7 Å². The highest BCUT2D eigenvalue weighted by Gasteiger charge is 2.29. The Hall–Kier alpha value is -2.84. The van der Waals surface area contributed by atoms with E-state index >= 15 is 0 Å². The molecule has 1 N–H and O–H groups in total. The van der Waals surface area contributed by atoms with Crippen molar-refractivity contribution >= 4 is 29.1 Å². The van der Waals surface area contributed by atoms with Crippen LogP contribution in [0.2, 0.25) is 0 Å². The molecule has 0 aliphatic heterocycles. The van der Waals surface area contributed by atoms with Gasteiger partial charge < -0.3 is 14.5 Å². The van der Waals surface area contributed by atoms with Gasteiger partial charge in [0, 0.05) is 12.2 Å². The molecule has 2 rings (SSSR count). The van der Waals surface area contributed by atoms with Gasteiger partial charge in [-0.05, 0) is 19.1 Å². The van der Waals surface area contributed by atoms with E-state index in [2.05, 4.69) is 4.98 Å². The number of oxazole rings is 1. The molecule has 0 saturated heterocycles. The minimum atomic E-state index is -4.54. The lowest BCUT2D eigenvalue weighted by Gasteiger charge is -2.13. The van der Waals surface area contributed by atoms with E-state index < -0.39 is 30.7 Å². The summed E-state index contributed by atoms with van der Waals surface area (Å²) >= 11 is 0. The Morgan fingerprint density at radius 2 is 2.08 bits per heavy atom. The molecule has 1 atom stereocenters. The maximum absolute atomic E-state index is 12.0. The number of nitrogens with zero attached hydrogens (tertiary/aromatic N) is 1. The molecule has 6 nitrogen and oxygen atoms in total. The lowest BCUT2D eigenvalue weighted by atomic mass is 10.3. The van der Waals surface area contributed by atoms with Crippen LogP contribution in [0, 0.1) is 0 Å². The Balaban J connectivity index is 1.88. The topological polar surface area (TPSA) is 81.4 Å². The van der Waals surface area contributed by atoms with Gasteiger partial charge in [0.05, 0.1) is 0 Å². The maximum Gasteiger partial charge on any atom is 0.405 e. The summed E-state index contributed by atoms with van der Waals surface area (Å²) in [6, 6.07) is 6.96. The number of carbonyl (C=O) groups is 2. The van der Waals surface area contributed by atoms with Crippen molar-refractivity contribution in [2.24, 2.45) is 0 Å². The molecule has 0 aliphatic rings. The summed E-state index contributed by atoms with van der Waals surface area (Å²) < 4.78 is 46.0. The molecular formula is C15H13F3N2O4. The predicted octanol–water partition coefficient (Wildman–Crippen LogP) is 2.45. The van der Waals surface area contributed by atoms with Crippen molar-refractivity contribution < 1.29 is 31.9 Å². The highest BCUT2D eigenvalue weighted by atomic mass is 19.4. The zero-order valence-corrected chi connectivity index (χ0v) is 12.5. The first kappa shape index (κ1) is 17.5. The van der Waals surface area contributed by atoms with Crippen LogP contribution in [-0.4, -0.2) is 35.7 Å². The van der Waals surface area contributed by atoms with Crippen molar-refractivity contribution in [2.75, 3.05) is 6.54 Å². The number of nitrogens with one attached hydrogen (secondary N) is 1. The zero-order valence-electron chi connectivity index (χ0n) is 12.5. The first-order valence-corrected chi connectivity index (χ1v) is 6.83. The van der Waals surface area contributed by atoms with Crippen LogP contribution < -0.4 is 5.32 Å². The number of carbonyl (C=O) groups excluding carboxylic acids is 2. The number of halogens is 3. The number of alkyl halides is 3. The van der Waals surface area contributed by atoms with Crippen LogP contribution in [0.4, 0.5) is 13.2 Å². The summed E-state index contributed by atoms with van der Waals surface area (Å²) in [4.78, 5) is 27.0. The van der Waals surface area contributed by atoms with Crippen molar-refractivity contribution in [1.82, 2.24) is 10.3 Å². The summed E-state index contributed by atoms with van der Waals surface area (Å²) in [7, 11) is 0. The van der Waals surface area contributed by atoms with Crippen molar-refractivity contribution in [3.05, 3.63) is 36.2 Å². The van der Waals surface area contributed by atoms with Gasteiger partial charge in [-0.25, -0.2) is 9.78 Å². The fourth-order valence-electron chi connectivity index (χ4n) is 1.70. The number of benzene rings is 1. The SMILES string of the molecule is C[C@H](OC(=O)/C=C/c1nc2ccccc2o1)C(=O)NCC(F)(F)F. The lowest BCUT2D eigenvalue weighted by molar-refractivity contribution is -0.154. The third kappa shape index (κ3) is 5.11. The maximum atomic E-state index is 12.0. The second kappa shape index (κ2) is 7.16. The molecule has 9 heteroatoms. The van der Waals surface area contributed by atoms with Crippen LogP contribution >= 0.6 is 0 Å². The molecule has 0 radical (unpaired) electrons. The molecule has 2 aromatic rings. The van der Waals surface area contributed by atoms with Crippen LogP contribution in [0.25, 0.3) is 17.2 Å². The molecule has 1 aromatic heterocycles. The monoisotopic (exact) mass is 342 g/mol. The first-order valence-electron chi connectivity index (χ1n) is 6.83. The molecular weight excluding hydrogens is 329 g/mol. The van der Waals surface area contributed by atoms with Crippen molar-refractivity contribution in [1.29, 1.82) is 0 Å². The minimum Gasteiger partial charge on any atom is -0.449 e. The van der Waals surface area contributed by atoms with Gasteiger partial charge in [-0.3, -0.25) is 4.79 Å². The van der Waals surface area contributed by atoms with E-state index in [0.717, 1.165) is 13.0 Å². The van der Waals surface area contributed by atoms with E-state index in [4.69, 9.17) is 9.15 Å². The Bertz CT molecular complexity index is 734. The average Bonchev–Trinajstić information content (AvgIpc) is 2.92.